The molecule has 0 fully saturated rings. The van der Waals surface area contributed by atoms with Gasteiger partial charge in [-0.1, -0.05) is 0 Å². The van der Waals surface area contributed by atoms with Gasteiger partial charge in [-0.3, -0.25) is 4.68 Å². The third-order valence-corrected chi connectivity index (χ3v) is 3.91. The Morgan fingerprint density at radius 3 is 2.94 bits per heavy atom. The lowest BCUT2D eigenvalue weighted by Crippen LogP contribution is -2.23. The van der Waals surface area contributed by atoms with Crippen LogP contribution in [0.25, 0.3) is 0 Å². The fourth-order valence-electron chi connectivity index (χ4n) is 1.11. The average Bonchev–Trinajstić information content (AvgIpc) is 2.85. The number of hydrogen-bond donors (Lipinski definition) is 1. The molecule has 2 aromatic rings. The molecule has 0 radical (unpaired) electrons. The SMILES string of the molecule is Cn1cc(S(=O)(=O)NCc2cscn2)cn1. The zero-order valence-electron chi connectivity index (χ0n) is 8.49. The van der Waals surface area contributed by atoms with E-state index in [4.69, 9.17) is 0 Å². The molecule has 2 rings (SSSR count). The maximum atomic E-state index is 11.8. The molecule has 0 spiro atoms. The van der Waals surface area contributed by atoms with Gasteiger partial charge in [0, 0.05) is 18.6 Å². The largest absolute Gasteiger partial charge is 0.274 e. The van der Waals surface area contributed by atoms with Crippen LogP contribution in [0.4, 0.5) is 0 Å². The third-order valence-electron chi connectivity index (χ3n) is 1.92. The zero-order chi connectivity index (χ0) is 11.6. The van der Waals surface area contributed by atoms with E-state index in [9.17, 15) is 8.42 Å². The maximum Gasteiger partial charge on any atom is 0.244 e. The Kier molecular flexibility index (Phi) is 3.03. The Balaban J connectivity index is 2.09. The second-order valence-corrected chi connectivity index (χ2v) is 5.64. The first kappa shape index (κ1) is 11.2. The summed E-state index contributed by atoms with van der Waals surface area (Å²) in [6.07, 6.45) is 2.76. The molecule has 8 heteroatoms. The number of nitrogens with one attached hydrogen (secondary N) is 1. The number of sulfonamides is 1. The molecule has 86 valence electrons. The average molecular weight is 258 g/mol. The van der Waals surface area contributed by atoms with E-state index in [2.05, 4.69) is 14.8 Å². The predicted octanol–water partition coefficient (Wildman–Crippen LogP) is 0.355. The van der Waals surface area contributed by atoms with Crippen molar-refractivity contribution in [1.82, 2.24) is 19.5 Å². The van der Waals surface area contributed by atoms with Gasteiger partial charge >= 0.3 is 0 Å². The molecule has 16 heavy (non-hydrogen) atoms. The molecular weight excluding hydrogens is 248 g/mol. The van der Waals surface area contributed by atoms with Gasteiger partial charge in [-0.05, 0) is 0 Å². The molecule has 0 saturated heterocycles. The van der Waals surface area contributed by atoms with E-state index >= 15 is 0 Å². The van der Waals surface area contributed by atoms with Crippen LogP contribution in [0.15, 0.2) is 28.2 Å². The molecule has 0 amide bonds. The van der Waals surface area contributed by atoms with Crippen molar-refractivity contribution < 1.29 is 8.42 Å². The summed E-state index contributed by atoms with van der Waals surface area (Å²) < 4.78 is 27.4. The van der Waals surface area contributed by atoms with Gasteiger partial charge in [-0.2, -0.15) is 5.10 Å². The van der Waals surface area contributed by atoms with Crippen molar-refractivity contribution >= 4 is 21.4 Å². The standard InChI is InChI=1S/C8H10N4O2S2/c1-12-4-8(3-10-12)16(13,14)11-2-7-5-15-6-9-7/h3-6,11H,2H2,1H3. The molecule has 0 saturated carbocycles. The molecule has 0 aliphatic heterocycles. The van der Waals surface area contributed by atoms with Crippen molar-refractivity contribution in [2.24, 2.45) is 7.05 Å². The van der Waals surface area contributed by atoms with Crippen LogP contribution in [0.5, 0.6) is 0 Å². The minimum atomic E-state index is -3.48. The summed E-state index contributed by atoms with van der Waals surface area (Å²) in [7, 11) is -1.82. The number of thiazole rings is 1. The van der Waals surface area contributed by atoms with Crippen LogP contribution in [0.3, 0.4) is 0 Å². The normalized spacial score (nSPS) is 11.8. The fourth-order valence-corrected chi connectivity index (χ4v) is 2.65. The quantitative estimate of drug-likeness (QED) is 0.858. The molecule has 0 atom stereocenters. The molecule has 1 N–H and O–H groups in total. The lowest BCUT2D eigenvalue weighted by atomic mass is 10.5. The van der Waals surface area contributed by atoms with E-state index in [0.29, 0.717) is 5.69 Å². The summed E-state index contributed by atoms with van der Waals surface area (Å²) in [5.74, 6) is 0. The molecule has 0 unspecified atom stereocenters. The van der Waals surface area contributed by atoms with Gasteiger partial charge < -0.3 is 0 Å². The molecule has 2 heterocycles. The van der Waals surface area contributed by atoms with Crippen molar-refractivity contribution in [3.63, 3.8) is 0 Å². The van der Waals surface area contributed by atoms with Crippen molar-refractivity contribution in [2.45, 2.75) is 11.4 Å². The maximum absolute atomic E-state index is 11.8. The summed E-state index contributed by atoms with van der Waals surface area (Å²) in [6, 6.07) is 0. The van der Waals surface area contributed by atoms with Crippen LogP contribution < -0.4 is 4.72 Å². The van der Waals surface area contributed by atoms with Crippen LogP contribution in [0.2, 0.25) is 0 Å². The Hall–Kier alpha value is -1.25. The van der Waals surface area contributed by atoms with E-state index in [1.807, 2.05) is 0 Å². The summed E-state index contributed by atoms with van der Waals surface area (Å²) in [4.78, 5) is 4.15. The molecule has 0 aliphatic carbocycles. The van der Waals surface area contributed by atoms with Crippen molar-refractivity contribution in [3.8, 4) is 0 Å². The van der Waals surface area contributed by atoms with Gasteiger partial charge in [0.05, 0.1) is 23.9 Å². The molecular formula is C8H10N4O2S2. The highest BCUT2D eigenvalue weighted by atomic mass is 32.2. The number of aryl methyl sites for hydroxylation is 1. The predicted molar refractivity (Wildman–Crippen MR) is 59.3 cm³/mol. The summed E-state index contributed by atoms with van der Waals surface area (Å²) in [5.41, 5.74) is 2.37. The molecule has 2 aromatic heterocycles. The second kappa shape index (κ2) is 4.32. The minimum absolute atomic E-state index is 0.158. The highest BCUT2D eigenvalue weighted by Crippen LogP contribution is 2.07. The highest BCUT2D eigenvalue weighted by Gasteiger charge is 2.15. The molecule has 6 nitrogen and oxygen atoms in total. The monoisotopic (exact) mass is 258 g/mol. The van der Waals surface area contributed by atoms with Gasteiger partial charge in [0.2, 0.25) is 10.0 Å². The number of aromatic nitrogens is 3. The first-order chi connectivity index (χ1) is 7.58. The van der Waals surface area contributed by atoms with E-state index in [0.717, 1.165) is 0 Å². The summed E-state index contributed by atoms with van der Waals surface area (Å²) in [6.45, 7) is 0.195. The van der Waals surface area contributed by atoms with E-state index in [-0.39, 0.29) is 11.4 Å². The minimum Gasteiger partial charge on any atom is -0.274 e. The Labute approximate surface area is 97.0 Å². The number of rotatable bonds is 4. The van der Waals surface area contributed by atoms with Gasteiger partial charge in [0.25, 0.3) is 0 Å². The highest BCUT2D eigenvalue weighted by molar-refractivity contribution is 7.89. The van der Waals surface area contributed by atoms with Gasteiger partial charge in [-0.25, -0.2) is 18.1 Å². The summed E-state index contributed by atoms with van der Waals surface area (Å²) >= 11 is 1.43. The van der Waals surface area contributed by atoms with Gasteiger partial charge in [0.15, 0.2) is 0 Å². The van der Waals surface area contributed by atoms with E-state index in [1.54, 1.807) is 17.9 Å². The Morgan fingerprint density at radius 1 is 1.56 bits per heavy atom. The Bertz CT molecular complexity index is 559. The zero-order valence-corrected chi connectivity index (χ0v) is 10.1. The van der Waals surface area contributed by atoms with Crippen molar-refractivity contribution in [3.05, 3.63) is 29.0 Å². The topological polar surface area (TPSA) is 76.9 Å². The second-order valence-electron chi connectivity index (χ2n) is 3.15. The van der Waals surface area contributed by atoms with E-state index < -0.39 is 10.0 Å². The smallest absolute Gasteiger partial charge is 0.244 e. The molecule has 0 bridgehead atoms. The number of nitrogens with zero attached hydrogens (tertiary/aromatic N) is 3. The van der Waals surface area contributed by atoms with Crippen LogP contribution in [0, 0.1) is 0 Å². The van der Waals surface area contributed by atoms with Crippen LogP contribution in [-0.2, 0) is 23.6 Å². The van der Waals surface area contributed by atoms with Gasteiger partial charge in [0.1, 0.15) is 4.90 Å². The first-order valence-corrected chi connectivity index (χ1v) is 6.86. The molecule has 0 aliphatic rings. The van der Waals surface area contributed by atoms with Gasteiger partial charge in [-0.15, -0.1) is 11.3 Å². The number of hydrogen-bond acceptors (Lipinski definition) is 5. The first-order valence-electron chi connectivity index (χ1n) is 4.43. The Morgan fingerprint density at radius 2 is 2.38 bits per heavy atom. The summed E-state index contributed by atoms with van der Waals surface area (Å²) in [5, 5.41) is 5.61. The van der Waals surface area contributed by atoms with Crippen molar-refractivity contribution in [2.75, 3.05) is 0 Å². The molecule has 0 aromatic carbocycles. The lowest BCUT2D eigenvalue weighted by molar-refractivity contribution is 0.580. The van der Waals surface area contributed by atoms with Crippen LogP contribution >= 0.6 is 11.3 Å². The van der Waals surface area contributed by atoms with Crippen LogP contribution in [-0.4, -0.2) is 23.2 Å². The van der Waals surface area contributed by atoms with E-state index in [1.165, 1.54) is 28.4 Å². The van der Waals surface area contributed by atoms with Crippen molar-refractivity contribution in [1.29, 1.82) is 0 Å². The fraction of sp³-hybridized carbons (Fsp3) is 0.250. The third kappa shape index (κ3) is 2.46. The lowest BCUT2D eigenvalue weighted by Gasteiger charge is -2.01. The van der Waals surface area contributed by atoms with Crippen LogP contribution in [0.1, 0.15) is 5.69 Å².